The number of hydrogen-bond donors (Lipinski definition) is 1. The fourth-order valence-electron chi connectivity index (χ4n) is 2.40. The van der Waals surface area contributed by atoms with Gasteiger partial charge in [0.15, 0.2) is 0 Å². The summed E-state index contributed by atoms with van der Waals surface area (Å²) in [4.78, 5) is 6.38. The molecule has 1 aromatic rings. The number of aryl methyl sites for hydroxylation is 2. The van der Waals surface area contributed by atoms with E-state index in [2.05, 4.69) is 12.2 Å². The fraction of sp³-hybridized carbons (Fsp3) is 0.769. The van der Waals surface area contributed by atoms with Gasteiger partial charge in [0.2, 0.25) is 0 Å². The first kappa shape index (κ1) is 14.9. The highest BCUT2D eigenvalue weighted by Crippen LogP contribution is 2.30. The zero-order chi connectivity index (χ0) is 11.4. The zero-order valence-electron chi connectivity index (χ0n) is 10.8. The molecular formula is C13H23ClN2S. The third kappa shape index (κ3) is 3.94. The Kier molecular flexibility index (Phi) is 6.45. The summed E-state index contributed by atoms with van der Waals surface area (Å²) in [5.41, 5.74) is 1.41. The van der Waals surface area contributed by atoms with Gasteiger partial charge in [0.1, 0.15) is 0 Å². The SMILES string of the molecule is CCCCc1nc2c(s1)CCC(CNC)C2.Cl. The van der Waals surface area contributed by atoms with Gasteiger partial charge in [-0.1, -0.05) is 13.3 Å². The van der Waals surface area contributed by atoms with Crippen molar-refractivity contribution < 1.29 is 0 Å². The molecule has 2 rings (SSSR count). The summed E-state index contributed by atoms with van der Waals surface area (Å²) in [7, 11) is 2.04. The normalized spacial score (nSPS) is 18.6. The van der Waals surface area contributed by atoms with E-state index in [9.17, 15) is 0 Å². The number of aromatic nitrogens is 1. The molecular weight excluding hydrogens is 252 g/mol. The van der Waals surface area contributed by atoms with E-state index >= 15 is 0 Å². The molecule has 1 heterocycles. The summed E-state index contributed by atoms with van der Waals surface area (Å²) in [5.74, 6) is 0.804. The predicted molar refractivity (Wildman–Crippen MR) is 77.4 cm³/mol. The van der Waals surface area contributed by atoms with E-state index in [1.54, 1.807) is 4.88 Å². The van der Waals surface area contributed by atoms with E-state index in [4.69, 9.17) is 4.98 Å². The molecule has 0 amide bonds. The number of unbranched alkanes of at least 4 members (excludes halogenated alkanes) is 1. The lowest BCUT2D eigenvalue weighted by Crippen LogP contribution is -2.24. The van der Waals surface area contributed by atoms with Crippen molar-refractivity contribution in [2.45, 2.75) is 45.4 Å². The molecule has 0 radical (unpaired) electrons. The van der Waals surface area contributed by atoms with E-state index in [-0.39, 0.29) is 12.4 Å². The van der Waals surface area contributed by atoms with Crippen LogP contribution >= 0.6 is 23.7 Å². The molecule has 0 spiro atoms. The van der Waals surface area contributed by atoms with Crippen LogP contribution in [0.3, 0.4) is 0 Å². The minimum Gasteiger partial charge on any atom is -0.319 e. The van der Waals surface area contributed by atoms with Crippen LogP contribution in [0.25, 0.3) is 0 Å². The van der Waals surface area contributed by atoms with Gasteiger partial charge >= 0.3 is 0 Å². The second kappa shape index (κ2) is 7.34. The molecule has 0 saturated carbocycles. The van der Waals surface area contributed by atoms with Crippen LogP contribution in [-0.2, 0) is 19.3 Å². The Labute approximate surface area is 115 Å². The van der Waals surface area contributed by atoms with E-state index in [1.165, 1.54) is 49.2 Å². The van der Waals surface area contributed by atoms with Crippen molar-refractivity contribution in [3.63, 3.8) is 0 Å². The lowest BCUT2D eigenvalue weighted by molar-refractivity contribution is 0.438. The molecule has 1 aliphatic carbocycles. The molecule has 1 aromatic heterocycles. The third-order valence-electron chi connectivity index (χ3n) is 3.32. The monoisotopic (exact) mass is 274 g/mol. The lowest BCUT2D eigenvalue weighted by Gasteiger charge is -2.20. The van der Waals surface area contributed by atoms with Gasteiger partial charge in [-0.05, 0) is 51.6 Å². The molecule has 0 saturated heterocycles. The van der Waals surface area contributed by atoms with Crippen molar-refractivity contribution in [2.75, 3.05) is 13.6 Å². The number of hydrogen-bond acceptors (Lipinski definition) is 3. The first-order valence-electron chi connectivity index (χ1n) is 6.45. The quantitative estimate of drug-likeness (QED) is 0.892. The molecule has 4 heteroatoms. The summed E-state index contributed by atoms with van der Waals surface area (Å²) >= 11 is 1.96. The molecule has 2 nitrogen and oxygen atoms in total. The van der Waals surface area contributed by atoms with Crippen LogP contribution in [0, 0.1) is 5.92 Å². The van der Waals surface area contributed by atoms with Gasteiger partial charge < -0.3 is 5.32 Å². The third-order valence-corrected chi connectivity index (χ3v) is 4.54. The lowest BCUT2D eigenvalue weighted by atomic mass is 9.91. The largest absolute Gasteiger partial charge is 0.319 e. The number of nitrogens with one attached hydrogen (secondary N) is 1. The van der Waals surface area contributed by atoms with Gasteiger partial charge in [-0.3, -0.25) is 0 Å². The van der Waals surface area contributed by atoms with Gasteiger partial charge in [-0.25, -0.2) is 4.98 Å². The summed E-state index contributed by atoms with van der Waals surface area (Å²) < 4.78 is 0. The first-order valence-corrected chi connectivity index (χ1v) is 7.27. The number of halogens is 1. The maximum absolute atomic E-state index is 4.81. The Morgan fingerprint density at radius 1 is 1.47 bits per heavy atom. The highest BCUT2D eigenvalue weighted by atomic mass is 35.5. The van der Waals surface area contributed by atoms with Crippen molar-refractivity contribution in [1.29, 1.82) is 0 Å². The second-order valence-electron chi connectivity index (χ2n) is 4.75. The molecule has 1 N–H and O–H groups in total. The smallest absolute Gasteiger partial charge is 0.0931 e. The topological polar surface area (TPSA) is 24.9 Å². The average Bonchev–Trinajstić information content (AvgIpc) is 2.68. The van der Waals surface area contributed by atoms with Gasteiger partial charge in [0, 0.05) is 4.88 Å². The Bertz CT molecular complexity index is 338. The summed E-state index contributed by atoms with van der Waals surface area (Å²) in [6, 6.07) is 0. The van der Waals surface area contributed by atoms with Crippen LogP contribution in [0.5, 0.6) is 0 Å². The molecule has 1 aliphatic rings. The van der Waals surface area contributed by atoms with E-state index in [0.29, 0.717) is 0 Å². The van der Waals surface area contributed by atoms with Crippen molar-refractivity contribution in [3.05, 3.63) is 15.6 Å². The standard InChI is InChI=1S/C13H22N2S.ClH/c1-3-4-5-13-15-11-8-10(9-14-2)6-7-12(11)16-13;/h10,14H,3-9H2,1-2H3;1H. The van der Waals surface area contributed by atoms with Crippen LogP contribution in [0.15, 0.2) is 0 Å². The highest BCUT2D eigenvalue weighted by molar-refractivity contribution is 7.11. The first-order chi connectivity index (χ1) is 7.83. The molecule has 1 unspecified atom stereocenters. The number of fused-ring (bicyclic) bond motifs is 1. The molecule has 1 atom stereocenters. The van der Waals surface area contributed by atoms with Crippen LogP contribution in [0.2, 0.25) is 0 Å². The highest BCUT2D eigenvalue weighted by Gasteiger charge is 2.21. The van der Waals surface area contributed by atoms with Crippen molar-refractivity contribution >= 4 is 23.7 Å². The van der Waals surface area contributed by atoms with E-state index in [0.717, 1.165) is 12.5 Å². The molecule has 0 fully saturated rings. The van der Waals surface area contributed by atoms with E-state index < -0.39 is 0 Å². The number of nitrogens with zero attached hydrogens (tertiary/aromatic N) is 1. The Hall–Kier alpha value is -0.120. The maximum atomic E-state index is 4.81. The van der Waals surface area contributed by atoms with Gasteiger partial charge in [-0.2, -0.15) is 0 Å². The van der Waals surface area contributed by atoms with Crippen LogP contribution in [0.4, 0.5) is 0 Å². The van der Waals surface area contributed by atoms with Crippen molar-refractivity contribution in [3.8, 4) is 0 Å². The zero-order valence-corrected chi connectivity index (χ0v) is 12.4. The minimum absolute atomic E-state index is 0. The maximum Gasteiger partial charge on any atom is 0.0931 e. The molecule has 0 bridgehead atoms. The summed E-state index contributed by atoms with van der Waals surface area (Å²) in [6.07, 6.45) is 7.53. The summed E-state index contributed by atoms with van der Waals surface area (Å²) in [6.45, 7) is 3.39. The van der Waals surface area contributed by atoms with Gasteiger partial charge in [0.25, 0.3) is 0 Å². The Morgan fingerprint density at radius 2 is 2.29 bits per heavy atom. The van der Waals surface area contributed by atoms with Crippen LogP contribution < -0.4 is 5.32 Å². The average molecular weight is 275 g/mol. The number of rotatable bonds is 5. The van der Waals surface area contributed by atoms with Crippen molar-refractivity contribution in [1.82, 2.24) is 10.3 Å². The van der Waals surface area contributed by atoms with E-state index in [1.807, 2.05) is 18.4 Å². The molecule has 0 aromatic carbocycles. The van der Waals surface area contributed by atoms with Crippen LogP contribution in [0.1, 0.15) is 41.8 Å². The fourth-order valence-corrected chi connectivity index (χ4v) is 3.55. The molecule has 0 aliphatic heterocycles. The minimum atomic E-state index is 0. The van der Waals surface area contributed by atoms with Crippen molar-refractivity contribution in [2.24, 2.45) is 5.92 Å². The number of thiazole rings is 1. The Morgan fingerprint density at radius 3 is 3.00 bits per heavy atom. The Balaban J connectivity index is 0.00000144. The summed E-state index contributed by atoms with van der Waals surface area (Å²) in [5, 5.41) is 4.66. The molecule has 98 valence electrons. The van der Waals surface area contributed by atoms with Gasteiger partial charge in [-0.15, -0.1) is 23.7 Å². The van der Waals surface area contributed by atoms with Gasteiger partial charge in [0.05, 0.1) is 10.7 Å². The molecule has 17 heavy (non-hydrogen) atoms. The second-order valence-corrected chi connectivity index (χ2v) is 5.92. The van der Waals surface area contributed by atoms with Crippen LogP contribution in [-0.4, -0.2) is 18.6 Å². The predicted octanol–water partition coefficient (Wildman–Crippen LogP) is 3.23.